The molecule has 0 bridgehead atoms. The average molecular weight is 428 g/mol. The van der Waals surface area contributed by atoms with E-state index in [4.69, 9.17) is 9.47 Å². The molecule has 0 radical (unpaired) electrons. The van der Waals surface area contributed by atoms with Crippen LogP contribution in [-0.2, 0) is 21.4 Å². The summed E-state index contributed by atoms with van der Waals surface area (Å²) in [4.78, 5) is 10.8. The minimum absolute atomic E-state index is 0.0221. The highest BCUT2D eigenvalue weighted by Gasteiger charge is 2.29. The molecule has 3 aromatic carbocycles. The fraction of sp³-hybridized carbons (Fsp3) is 0.238. The van der Waals surface area contributed by atoms with Gasteiger partial charge in [0.2, 0.25) is 10.0 Å². The predicted octanol–water partition coefficient (Wildman–Crippen LogP) is 3.35. The average Bonchev–Trinajstić information content (AvgIpc) is 2.78. The Balaban J connectivity index is 1.62. The van der Waals surface area contributed by atoms with Crippen molar-refractivity contribution in [1.82, 2.24) is 4.31 Å². The fourth-order valence-electron chi connectivity index (χ4n) is 3.43. The molecule has 1 heterocycles. The molecule has 0 amide bonds. The van der Waals surface area contributed by atoms with Crippen molar-refractivity contribution in [2.24, 2.45) is 0 Å². The second kappa shape index (κ2) is 8.39. The fourth-order valence-corrected chi connectivity index (χ4v) is 4.86. The van der Waals surface area contributed by atoms with E-state index in [-0.39, 0.29) is 36.0 Å². The number of nitro benzene ring substituents is 1. The lowest BCUT2D eigenvalue weighted by molar-refractivity contribution is -0.386. The SMILES string of the molecule is O=[N+]([O-])c1cc(S(=O)(=O)N2CCOCC2)ccc1OCc1cccc2ccccc12. The molecule has 1 aliphatic heterocycles. The molecule has 0 saturated carbocycles. The van der Waals surface area contributed by atoms with Crippen LogP contribution < -0.4 is 4.74 Å². The highest BCUT2D eigenvalue weighted by Crippen LogP contribution is 2.32. The largest absolute Gasteiger partial charge is 0.482 e. The third-order valence-corrected chi connectivity index (χ3v) is 6.89. The van der Waals surface area contributed by atoms with Gasteiger partial charge in [-0.25, -0.2) is 8.42 Å². The van der Waals surface area contributed by atoms with Crippen LogP contribution in [0.4, 0.5) is 5.69 Å². The molecule has 1 fully saturated rings. The first kappa shape index (κ1) is 20.3. The van der Waals surface area contributed by atoms with Gasteiger partial charge in [-0.3, -0.25) is 10.1 Å². The van der Waals surface area contributed by atoms with Crippen molar-refractivity contribution in [2.75, 3.05) is 26.3 Å². The number of fused-ring (bicyclic) bond motifs is 1. The van der Waals surface area contributed by atoms with E-state index in [1.165, 1.54) is 16.4 Å². The quantitative estimate of drug-likeness (QED) is 0.441. The Morgan fingerprint density at radius 3 is 2.53 bits per heavy atom. The molecule has 156 valence electrons. The Morgan fingerprint density at radius 2 is 1.77 bits per heavy atom. The summed E-state index contributed by atoms with van der Waals surface area (Å²) < 4.78 is 37.8. The minimum Gasteiger partial charge on any atom is -0.482 e. The van der Waals surface area contributed by atoms with Gasteiger partial charge in [0.15, 0.2) is 5.75 Å². The van der Waals surface area contributed by atoms with Gasteiger partial charge in [0, 0.05) is 19.2 Å². The zero-order chi connectivity index (χ0) is 21.1. The first-order chi connectivity index (χ1) is 14.5. The molecule has 4 rings (SSSR count). The molecule has 0 unspecified atom stereocenters. The smallest absolute Gasteiger partial charge is 0.312 e. The number of rotatable bonds is 6. The van der Waals surface area contributed by atoms with E-state index in [2.05, 4.69) is 0 Å². The summed E-state index contributed by atoms with van der Waals surface area (Å²) in [5.74, 6) is 0.0221. The molecule has 8 nitrogen and oxygen atoms in total. The highest BCUT2D eigenvalue weighted by atomic mass is 32.2. The van der Waals surface area contributed by atoms with E-state index in [0.29, 0.717) is 13.2 Å². The van der Waals surface area contributed by atoms with Gasteiger partial charge in [-0.05, 0) is 28.5 Å². The van der Waals surface area contributed by atoms with Crippen molar-refractivity contribution in [3.05, 3.63) is 76.3 Å². The summed E-state index contributed by atoms with van der Waals surface area (Å²) in [5, 5.41) is 13.6. The molecule has 0 atom stereocenters. The number of ether oxygens (including phenoxy) is 2. The number of benzene rings is 3. The van der Waals surface area contributed by atoms with Gasteiger partial charge in [0.1, 0.15) is 6.61 Å². The topological polar surface area (TPSA) is 99.0 Å². The van der Waals surface area contributed by atoms with Crippen molar-refractivity contribution in [1.29, 1.82) is 0 Å². The molecule has 0 N–H and O–H groups in total. The maximum Gasteiger partial charge on any atom is 0.312 e. The number of hydrogen-bond donors (Lipinski definition) is 0. The number of morpholine rings is 1. The van der Waals surface area contributed by atoms with E-state index in [1.54, 1.807) is 0 Å². The van der Waals surface area contributed by atoms with Crippen LogP contribution in [0.2, 0.25) is 0 Å². The van der Waals surface area contributed by atoms with Crippen LogP contribution >= 0.6 is 0 Å². The Hall–Kier alpha value is -3.01. The predicted molar refractivity (Wildman–Crippen MR) is 111 cm³/mol. The van der Waals surface area contributed by atoms with Gasteiger partial charge < -0.3 is 9.47 Å². The summed E-state index contributed by atoms with van der Waals surface area (Å²) >= 11 is 0. The Morgan fingerprint density at radius 1 is 1.03 bits per heavy atom. The van der Waals surface area contributed by atoms with Crippen LogP contribution in [-0.4, -0.2) is 43.9 Å². The zero-order valence-corrected chi connectivity index (χ0v) is 16.9. The maximum absolute atomic E-state index is 12.8. The Kier molecular flexibility index (Phi) is 5.67. The minimum atomic E-state index is -3.84. The van der Waals surface area contributed by atoms with E-state index in [9.17, 15) is 18.5 Å². The van der Waals surface area contributed by atoms with Crippen LogP contribution in [0, 0.1) is 10.1 Å². The number of nitro groups is 1. The van der Waals surface area contributed by atoms with Crippen molar-refractivity contribution < 1.29 is 22.8 Å². The molecule has 30 heavy (non-hydrogen) atoms. The molecular weight excluding hydrogens is 408 g/mol. The molecule has 0 spiro atoms. The number of sulfonamides is 1. The van der Waals surface area contributed by atoms with E-state index < -0.39 is 14.9 Å². The van der Waals surface area contributed by atoms with Crippen LogP contribution in [0.25, 0.3) is 10.8 Å². The summed E-state index contributed by atoms with van der Waals surface area (Å²) in [7, 11) is -3.84. The molecule has 0 aromatic heterocycles. The summed E-state index contributed by atoms with van der Waals surface area (Å²) in [6.45, 7) is 1.16. The van der Waals surface area contributed by atoms with Gasteiger partial charge in [-0.2, -0.15) is 4.31 Å². The normalized spacial score (nSPS) is 15.2. The van der Waals surface area contributed by atoms with Crippen molar-refractivity contribution in [2.45, 2.75) is 11.5 Å². The van der Waals surface area contributed by atoms with Crippen LogP contribution in [0.5, 0.6) is 5.75 Å². The molecule has 0 aliphatic carbocycles. The van der Waals surface area contributed by atoms with E-state index in [1.807, 2.05) is 42.5 Å². The lowest BCUT2D eigenvalue weighted by Crippen LogP contribution is -2.40. The second-order valence-electron chi connectivity index (χ2n) is 6.83. The molecule has 3 aromatic rings. The highest BCUT2D eigenvalue weighted by molar-refractivity contribution is 7.89. The first-order valence-corrected chi connectivity index (χ1v) is 10.9. The van der Waals surface area contributed by atoms with Gasteiger partial charge in [-0.1, -0.05) is 42.5 Å². The van der Waals surface area contributed by atoms with Crippen LogP contribution in [0.3, 0.4) is 0 Å². The molecule has 1 saturated heterocycles. The van der Waals surface area contributed by atoms with Gasteiger partial charge in [0.05, 0.1) is 23.0 Å². The van der Waals surface area contributed by atoms with Crippen LogP contribution in [0.1, 0.15) is 5.56 Å². The molecular formula is C21H20N2O6S. The third-order valence-electron chi connectivity index (χ3n) is 5.00. The van der Waals surface area contributed by atoms with Crippen molar-refractivity contribution in [3.8, 4) is 5.75 Å². The van der Waals surface area contributed by atoms with Gasteiger partial charge in [-0.15, -0.1) is 0 Å². The van der Waals surface area contributed by atoms with Crippen molar-refractivity contribution in [3.63, 3.8) is 0 Å². The summed E-state index contributed by atoms with van der Waals surface area (Å²) in [5.41, 5.74) is 0.497. The molecule has 1 aliphatic rings. The lowest BCUT2D eigenvalue weighted by atomic mass is 10.1. The van der Waals surface area contributed by atoms with Gasteiger partial charge in [0.25, 0.3) is 0 Å². The zero-order valence-electron chi connectivity index (χ0n) is 16.1. The van der Waals surface area contributed by atoms with Crippen molar-refractivity contribution >= 4 is 26.5 Å². The standard InChI is InChI=1S/C21H20N2O6S/c24-23(25)20-14-18(30(26,27)22-10-12-28-13-11-22)8-9-21(20)29-15-17-6-3-5-16-4-1-2-7-19(16)17/h1-9,14H,10-13,15H2. The van der Waals surface area contributed by atoms with E-state index in [0.717, 1.165) is 22.4 Å². The molecule has 9 heteroatoms. The van der Waals surface area contributed by atoms with Crippen LogP contribution in [0.15, 0.2) is 65.6 Å². The Labute approximate surface area is 173 Å². The summed E-state index contributed by atoms with van der Waals surface area (Å²) in [6, 6.07) is 17.3. The number of nitrogens with zero attached hydrogens (tertiary/aromatic N) is 2. The monoisotopic (exact) mass is 428 g/mol. The number of hydrogen-bond acceptors (Lipinski definition) is 6. The third kappa shape index (κ3) is 4.00. The Bertz CT molecular complexity index is 1180. The van der Waals surface area contributed by atoms with E-state index >= 15 is 0 Å². The summed E-state index contributed by atoms with van der Waals surface area (Å²) in [6.07, 6.45) is 0. The van der Waals surface area contributed by atoms with Gasteiger partial charge >= 0.3 is 5.69 Å². The maximum atomic E-state index is 12.8. The first-order valence-electron chi connectivity index (χ1n) is 9.42. The lowest BCUT2D eigenvalue weighted by Gasteiger charge is -2.26. The second-order valence-corrected chi connectivity index (χ2v) is 8.77.